The average molecular weight is 254 g/mol. The standard InChI is InChI=1S/C13H16F2N2O/c14-9-5-6-10(16)12(15)11(9)13(18)17-7-3-1-2-4-8-17/h5-6H,1-4,7-8,16H2. The molecular weight excluding hydrogens is 238 g/mol. The van der Waals surface area contributed by atoms with Crippen LogP contribution in [-0.2, 0) is 0 Å². The van der Waals surface area contributed by atoms with E-state index in [1.165, 1.54) is 4.90 Å². The minimum atomic E-state index is -0.954. The first-order chi connectivity index (χ1) is 8.61. The van der Waals surface area contributed by atoms with Gasteiger partial charge in [0.25, 0.3) is 5.91 Å². The molecule has 2 N–H and O–H groups in total. The first kappa shape index (κ1) is 12.8. The van der Waals surface area contributed by atoms with Crippen molar-refractivity contribution in [2.45, 2.75) is 25.7 Å². The van der Waals surface area contributed by atoms with E-state index in [0.717, 1.165) is 37.8 Å². The number of nitrogen functional groups attached to an aromatic ring is 1. The molecule has 0 atom stereocenters. The molecule has 2 rings (SSSR count). The minimum Gasteiger partial charge on any atom is -0.396 e. The van der Waals surface area contributed by atoms with Gasteiger partial charge in [-0.3, -0.25) is 4.79 Å². The Bertz CT molecular complexity index is 455. The molecule has 0 radical (unpaired) electrons. The maximum Gasteiger partial charge on any atom is 0.259 e. The molecule has 18 heavy (non-hydrogen) atoms. The lowest BCUT2D eigenvalue weighted by atomic mass is 10.1. The number of hydrogen-bond acceptors (Lipinski definition) is 2. The number of likely N-dealkylation sites (tertiary alicyclic amines) is 1. The van der Waals surface area contributed by atoms with Crippen LogP contribution >= 0.6 is 0 Å². The molecule has 5 heteroatoms. The Hall–Kier alpha value is -1.65. The topological polar surface area (TPSA) is 46.3 Å². The van der Waals surface area contributed by atoms with E-state index in [0.29, 0.717) is 13.1 Å². The predicted octanol–water partition coefficient (Wildman–Crippen LogP) is 2.56. The summed E-state index contributed by atoms with van der Waals surface area (Å²) in [6.07, 6.45) is 3.84. The summed E-state index contributed by atoms with van der Waals surface area (Å²) in [6, 6.07) is 2.16. The molecule has 1 aliphatic rings. The smallest absolute Gasteiger partial charge is 0.259 e. The molecule has 0 aromatic heterocycles. The maximum absolute atomic E-state index is 13.8. The second kappa shape index (κ2) is 5.33. The molecular formula is C13H16F2N2O. The molecule has 1 aromatic carbocycles. The molecule has 0 bridgehead atoms. The van der Waals surface area contributed by atoms with E-state index in [1.54, 1.807) is 0 Å². The number of hydrogen-bond donors (Lipinski definition) is 1. The molecule has 1 aliphatic heterocycles. The fraction of sp³-hybridized carbons (Fsp3) is 0.462. The van der Waals surface area contributed by atoms with Gasteiger partial charge in [-0.15, -0.1) is 0 Å². The van der Waals surface area contributed by atoms with Gasteiger partial charge in [-0.25, -0.2) is 8.78 Å². The third kappa shape index (κ3) is 2.44. The van der Waals surface area contributed by atoms with Crippen molar-refractivity contribution in [2.24, 2.45) is 0 Å². The minimum absolute atomic E-state index is 0.199. The molecule has 1 heterocycles. The van der Waals surface area contributed by atoms with Gasteiger partial charge in [0.15, 0.2) is 5.82 Å². The lowest BCUT2D eigenvalue weighted by Gasteiger charge is -2.21. The number of nitrogens with zero attached hydrogens (tertiary/aromatic N) is 1. The highest BCUT2D eigenvalue weighted by Gasteiger charge is 2.25. The average Bonchev–Trinajstić information content (AvgIpc) is 2.63. The van der Waals surface area contributed by atoms with E-state index >= 15 is 0 Å². The number of nitrogens with two attached hydrogens (primary N) is 1. The molecule has 98 valence electrons. The van der Waals surface area contributed by atoms with Crippen LogP contribution in [0.1, 0.15) is 36.0 Å². The van der Waals surface area contributed by atoms with E-state index < -0.39 is 23.1 Å². The van der Waals surface area contributed by atoms with Crippen molar-refractivity contribution in [3.05, 3.63) is 29.3 Å². The zero-order chi connectivity index (χ0) is 13.1. The van der Waals surface area contributed by atoms with Crippen LogP contribution in [0, 0.1) is 11.6 Å². The monoisotopic (exact) mass is 254 g/mol. The second-order valence-corrected chi connectivity index (χ2v) is 4.53. The summed E-state index contributed by atoms with van der Waals surface area (Å²) in [5, 5.41) is 0. The number of anilines is 1. The van der Waals surface area contributed by atoms with Gasteiger partial charge in [-0.2, -0.15) is 0 Å². The van der Waals surface area contributed by atoms with Crippen LogP contribution in [0.5, 0.6) is 0 Å². The van der Waals surface area contributed by atoms with Crippen LogP contribution in [0.15, 0.2) is 12.1 Å². The Morgan fingerprint density at radius 1 is 1.11 bits per heavy atom. The Morgan fingerprint density at radius 2 is 1.72 bits per heavy atom. The van der Waals surface area contributed by atoms with E-state index in [9.17, 15) is 13.6 Å². The number of carbonyl (C=O) groups excluding carboxylic acids is 1. The summed E-state index contributed by atoms with van der Waals surface area (Å²) in [4.78, 5) is 13.6. The Labute approximate surface area is 105 Å². The summed E-state index contributed by atoms with van der Waals surface area (Å²) in [7, 11) is 0. The predicted molar refractivity (Wildman–Crippen MR) is 65.1 cm³/mol. The van der Waals surface area contributed by atoms with Crippen LogP contribution in [0.25, 0.3) is 0 Å². The van der Waals surface area contributed by atoms with Gasteiger partial charge in [0.2, 0.25) is 0 Å². The molecule has 0 saturated carbocycles. The van der Waals surface area contributed by atoms with Crippen LogP contribution in [0.3, 0.4) is 0 Å². The zero-order valence-corrected chi connectivity index (χ0v) is 10.1. The van der Waals surface area contributed by atoms with E-state index in [4.69, 9.17) is 5.73 Å². The lowest BCUT2D eigenvalue weighted by Crippen LogP contribution is -2.33. The number of amides is 1. The van der Waals surface area contributed by atoms with Gasteiger partial charge < -0.3 is 10.6 Å². The molecule has 0 spiro atoms. The largest absolute Gasteiger partial charge is 0.396 e. The van der Waals surface area contributed by atoms with Crippen molar-refractivity contribution in [1.29, 1.82) is 0 Å². The highest BCUT2D eigenvalue weighted by molar-refractivity contribution is 5.95. The van der Waals surface area contributed by atoms with Gasteiger partial charge in [-0.05, 0) is 25.0 Å². The second-order valence-electron chi connectivity index (χ2n) is 4.53. The van der Waals surface area contributed by atoms with Crippen molar-refractivity contribution in [2.75, 3.05) is 18.8 Å². The van der Waals surface area contributed by atoms with Crippen molar-refractivity contribution in [3.63, 3.8) is 0 Å². The maximum atomic E-state index is 13.8. The van der Waals surface area contributed by atoms with Gasteiger partial charge in [0, 0.05) is 13.1 Å². The van der Waals surface area contributed by atoms with E-state index in [2.05, 4.69) is 0 Å². The van der Waals surface area contributed by atoms with Gasteiger partial charge in [0.1, 0.15) is 11.4 Å². The SMILES string of the molecule is Nc1ccc(F)c(C(=O)N2CCCCCC2)c1F. The summed E-state index contributed by atoms with van der Waals surface area (Å²) >= 11 is 0. The van der Waals surface area contributed by atoms with Crippen molar-refractivity contribution < 1.29 is 13.6 Å². The summed E-state index contributed by atoms with van der Waals surface area (Å²) in [6.45, 7) is 1.10. The quantitative estimate of drug-likeness (QED) is 0.783. The fourth-order valence-corrected chi connectivity index (χ4v) is 2.20. The highest BCUT2D eigenvalue weighted by atomic mass is 19.1. The third-order valence-corrected chi connectivity index (χ3v) is 3.23. The van der Waals surface area contributed by atoms with Crippen molar-refractivity contribution in [3.8, 4) is 0 Å². The molecule has 1 saturated heterocycles. The van der Waals surface area contributed by atoms with Crippen LogP contribution < -0.4 is 5.73 Å². The van der Waals surface area contributed by atoms with Gasteiger partial charge >= 0.3 is 0 Å². The molecule has 1 fully saturated rings. The van der Waals surface area contributed by atoms with Crippen LogP contribution in [0.4, 0.5) is 14.5 Å². The Morgan fingerprint density at radius 3 is 2.33 bits per heavy atom. The molecule has 0 aliphatic carbocycles. The molecule has 0 unspecified atom stereocenters. The van der Waals surface area contributed by atoms with Crippen molar-refractivity contribution in [1.82, 2.24) is 4.90 Å². The number of rotatable bonds is 1. The summed E-state index contributed by atoms with van der Waals surface area (Å²) in [5.41, 5.74) is 4.65. The number of carbonyl (C=O) groups is 1. The van der Waals surface area contributed by atoms with Gasteiger partial charge in [0.05, 0.1) is 5.69 Å². The zero-order valence-electron chi connectivity index (χ0n) is 10.1. The van der Waals surface area contributed by atoms with Crippen LogP contribution in [0.2, 0.25) is 0 Å². The molecule has 3 nitrogen and oxygen atoms in total. The summed E-state index contributed by atoms with van der Waals surface area (Å²) in [5.74, 6) is -2.40. The van der Waals surface area contributed by atoms with Crippen molar-refractivity contribution >= 4 is 11.6 Å². The van der Waals surface area contributed by atoms with E-state index in [-0.39, 0.29) is 5.69 Å². The number of benzene rings is 1. The normalized spacial score (nSPS) is 16.4. The molecule has 1 aromatic rings. The van der Waals surface area contributed by atoms with Gasteiger partial charge in [-0.1, -0.05) is 12.8 Å². The van der Waals surface area contributed by atoms with E-state index in [1.807, 2.05) is 0 Å². The molecule has 1 amide bonds. The first-order valence-corrected chi connectivity index (χ1v) is 6.14. The Kier molecular flexibility index (Phi) is 3.79. The Balaban J connectivity index is 2.30. The number of halogens is 2. The fourth-order valence-electron chi connectivity index (χ4n) is 2.20. The third-order valence-electron chi connectivity index (χ3n) is 3.23. The first-order valence-electron chi connectivity index (χ1n) is 6.14. The lowest BCUT2D eigenvalue weighted by molar-refractivity contribution is 0.0752. The summed E-state index contributed by atoms with van der Waals surface area (Å²) < 4.78 is 27.4. The van der Waals surface area contributed by atoms with Crippen LogP contribution in [-0.4, -0.2) is 23.9 Å². The highest BCUT2D eigenvalue weighted by Crippen LogP contribution is 2.21.